The third kappa shape index (κ3) is 7.68. The maximum absolute atomic E-state index is 12.1. The van der Waals surface area contributed by atoms with Crippen LogP contribution in [0.3, 0.4) is 0 Å². The zero-order valence-electron chi connectivity index (χ0n) is 10.9. The van der Waals surface area contributed by atoms with Gasteiger partial charge in [-0.05, 0) is 0 Å². The van der Waals surface area contributed by atoms with Crippen molar-refractivity contribution < 1.29 is 78.7 Å². The highest BCUT2D eigenvalue weighted by atomic mass is 32.3. The number of ether oxygens (including phenoxy) is 1. The maximum atomic E-state index is 12.1. The standard InChI is InChI=1S/C6F10O3.H2O5S2/c7-3(8,5(11,12)13)1(17)19-2(18)4(9,10)6(14,15)16;1-6(2)5-7(3)4/h;6-7H. The van der Waals surface area contributed by atoms with Gasteiger partial charge in [0, 0.05) is 0 Å². The smallest absolute Gasteiger partial charge is 0.384 e. The molecule has 26 heavy (non-hydrogen) atoms. The van der Waals surface area contributed by atoms with Crippen molar-refractivity contribution in [1.29, 1.82) is 0 Å². The highest BCUT2D eigenvalue weighted by Crippen LogP contribution is 2.39. The number of carbonyl (C=O) groups is 2. The van der Waals surface area contributed by atoms with E-state index in [0.29, 0.717) is 0 Å². The Morgan fingerprint density at radius 2 is 0.808 bits per heavy atom. The number of carbonyl (C=O) groups excluding carboxylic acids is 2. The first-order valence-electron chi connectivity index (χ1n) is 4.80. The predicted molar refractivity (Wildman–Crippen MR) is 54.8 cm³/mol. The van der Waals surface area contributed by atoms with Gasteiger partial charge in [0.15, 0.2) is 0 Å². The largest absolute Gasteiger partial charge is 0.465 e. The Morgan fingerprint density at radius 3 is 0.923 bits per heavy atom. The molecule has 0 spiro atoms. The summed E-state index contributed by atoms with van der Waals surface area (Å²) in [5.74, 6) is -20.6. The summed E-state index contributed by atoms with van der Waals surface area (Å²) in [6.07, 6.45) is -13.3. The van der Waals surface area contributed by atoms with Gasteiger partial charge in [0.1, 0.15) is 0 Å². The molecular weight excluding hydrogens is 454 g/mol. The molecule has 156 valence electrons. The molecule has 0 N–H and O–H groups in total. The second-order valence-corrected chi connectivity index (χ2v) is 4.90. The summed E-state index contributed by atoms with van der Waals surface area (Å²) < 4.78 is 160. The molecule has 0 unspecified atom stereocenters. The van der Waals surface area contributed by atoms with Gasteiger partial charge in [-0.3, -0.25) is 0 Å². The number of esters is 2. The first-order valence-corrected chi connectivity index (χ1v) is 6.99. The Bertz CT molecular complexity index is 600. The van der Waals surface area contributed by atoms with Gasteiger partial charge in [0.2, 0.25) is 0 Å². The third-order valence-electron chi connectivity index (χ3n) is 1.54. The van der Waals surface area contributed by atoms with Crippen molar-refractivity contribution in [3.63, 3.8) is 0 Å². The van der Waals surface area contributed by atoms with E-state index in [9.17, 15) is 70.3 Å². The van der Waals surface area contributed by atoms with Gasteiger partial charge in [0.05, 0.1) is 0 Å². The summed E-state index contributed by atoms with van der Waals surface area (Å²) in [4.78, 5) is 20.2. The fraction of sp³-hybridized carbons (Fsp3) is 0.667. The van der Waals surface area contributed by atoms with Crippen molar-refractivity contribution in [2.45, 2.75) is 24.2 Å². The minimum absolute atomic E-state index is 2.22. The van der Waals surface area contributed by atoms with E-state index in [4.69, 9.17) is 0 Å². The predicted octanol–water partition coefficient (Wildman–Crippen LogP) is 0.507. The fourth-order valence-electron chi connectivity index (χ4n) is 0.498. The summed E-state index contributed by atoms with van der Waals surface area (Å²) >= 11 is 0. The van der Waals surface area contributed by atoms with Crippen molar-refractivity contribution in [2.24, 2.45) is 0 Å². The SMILES string of the molecule is O=C(OC(=O)C(F)(F)C(F)(F)F)C(F)(F)C(F)(F)F.O=[SH](=O)O[SH](=O)=O. The van der Waals surface area contributed by atoms with E-state index < -0.39 is 58.1 Å². The number of halogens is 10. The topological polar surface area (TPSA) is 121 Å². The van der Waals surface area contributed by atoms with E-state index in [1.807, 2.05) is 0 Å². The second kappa shape index (κ2) is 8.79. The van der Waals surface area contributed by atoms with Crippen molar-refractivity contribution in [3.8, 4) is 0 Å². The zero-order valence-corrected chi connectivity index (χ0v) is 12.7. The van der Waals surface area contributed by atoms with Crippen LogP contribution >= 0.6 is 0 Å². The highest BCUT2D eigenvalue weighted by molar-refractivity contribution is 7.81. The molecular formula is C6H2F10O8S2. The molecule has 8 nitrogen and oxygen atoms in total. The Labute approximate surface area is 138 Å². The molecule has 0 aromatic rings. The lowest BCUT2D eigenvalue weighted by atomic mass is 10.3. The zero-order chi connectivity index (χ0) is 21.7. The molecule has 0 aliphatic carbocycles. The van der Waals surface area contributed by atoms with Gasteiger partial charge in [-0.2, -0.15) is 47.5 Å². The van der Waals surface area contributed by atoms with Gasteiger partial charge < -0.3 is 4.74 Å². The molecule has 0 atom stereocenters. The van der Waals surface area contributed by atoms with Crippen LogP contribution in [-0.2, 0) is 39.9 Å². The number of thiol groups is 2. The molecule has 0 aromatic carbocycles. The third-order valence-corrected chi connectivity index (χ3v) is 2.61. The summed E-state index contributed by atoms with van der Waals surface area (Å²) in [6.45, 7) is 0. The Hall–Kier alpha value is -1.70. The monoisotopic (exact) mass is 456 g/mol. The first-order chi connectivity index (χ1) is 11.2. The molecule has 0 bridgehead atoms. The second-order valence-electron chi connectivity index (χ2n) is 3.35. The Morgan fingerprint density at radius 1 is 0.577 bits per heavy atom. The van der Waals surface area contributed by atoms with E-state index in [-0.39, 0.29) is 0 Å². The molecule has 20 heteroatoms. The van der Waals surface area contributed by atoms with Crippen LogP contribution in [0.2, 0.25) is 0 Å². The van der Waals surface area contributed by atoms with Crippen LogP contribution in [0, 0.1) is 0 Å². The Balaban J connectivity index is 0. The average Bonchev–Trinajstić information content (AvgIpc) is 2.34. The first kappa shape index (κ1) is 26.5. The maximum Gasteiger partial charge on any atom is 0.465 e. The van der Waals surface area contributed by atoms with Crippen molar-refractivity contribution in [2.75, 3.05) is 0 Å². The van der Waals surface area contributed by atoms with Crippen LogP contribution in [0.1, 0.15) is 0 Å². The highest BCUT2D eigenvalue weighted by Gasteiger charge is 2.69. The molecule has 0 heterocycles. The van der Waals surface area contributed by atoms with Gasteiger partial charge in [-0.1, -0.05) is 0 Å². The van der Waals surface area contributed by atoms with Gasteiger partial charge in [-0.25, -0.2) is 26.4 Å². The van der Waals surface area contributed by atoms with Crippen LogP contribution in [0.4, 0.5) is 43.9 Å². The molecule has 0 aliphatic rings. The molecule has 0 aromatic heterocycles. The van der Waals surface area contributed by atoms with E-state index in [0.717, 1.165) is 0 Å². The van der Waals surface area contributed by atoms with Crippen LogP contribution in [0.15, 0.2) is 0 Å². The molecule has 0 amide bonds. The minimum Gasteiger partial charge on any atom is -0.384 e. The van der Waals surface area contributed by atoms with E-state index in [2.05, 4.69) is 8.37 Å². The summed E-state index contributed by atoms with van der Waals surface area (Å²) in [5, 5.41) is 0. The van der Waals surface area contributed by atoms with Crippen LogP contribution in [-0.4, -0.2) is 53.0 Å². The van der Waals surface area contributed by atoms with Gasteiger partial charge in [-0.15, -0.1) is 0 Å². The van der Waals surface area contributed by atoms with Gasteiger partial charge >= 0.3 is 36.1 Å². The summed E-state index contributed by atoms with van der Waals surface area (Å²) in [6, 6.07) is 0. The van der Waals surface area contributed by atoms with E-state index in [1.165, 1.54) is 0 Å². The van der Waals surface area contributed by atoms with Gasteiger partial charge in [0.25, 0.3) is 22.0 Å². The molecule has 0 radical (unpaired) electrons. The van der Waals surface area contributed by atoms with Crippen LogP contribution in [0.25, 0.3) is 0 Å². The lowest BCUT2D eigenvalue weighted by Gasteiger charge is -2.20. The van der Waals surface area contributed by atoms with E-state index in [1.54, 1.807) is 0 Å². The number of alkyl halides is 10. The molecule has 0 saturated heterocycles. The minimum atomic E-state index is -6.63. The van der Waals surface area contributed by atoms with E-state index >= 15 is 0 Å². The fourth-order valence-corrected chi connectivity index (χ4v) is 0.934. The van der Waals surface area contributed by atoms with Crippen molar-refractivity contribution in [3.05, 3.63) is 0 Å². The number of hydrogen-bond donors (Lipinski definition) is 2. The molecule has 0 fully saturated rings. The number of rotatable bonds is 4. The summed E-state index contributed by atoms with van der Waals surface area (Å²) in [5.41, 5.74) is 0. The lowest BCUT2D eigenvalue weighted by molar-refractivity contribution is -0.292. The van der Waals surface area contributed by atoms with Crippen molar-refractivity contribution >= 4 is 33.9 Å². The normalized spacial score (nSPS) is 13.2. The number of hydrogen-bond acceptors (Lipinski definition) is 8. The molecule has 0 rings (SSSR count). The van der Waals surface area contributed by atoms with Crippen LogP contribution < -0.4 is 0 Å². The Kier molecular flexibility index (Phi) is 8.97. The lowest BCUT2D eigenvalue weighted by Crippen LogP contribution is -2.51. The molecule has 0 saturated carbocycles. The summed E-state index contributed by atoms with van der Waals surface area (Å²) in [7, 11) is -6.47. The van der Waals surface area contributed by atoms with Crippen molar-refractivity contribution in [1.82, 2.24) is 0 Å². The quantitative estimate of drug-likeness (QED) is 0.272. The molecule has 0 aliphatic heterocycles. The van der Waals surface area contributed by atoms with Crippen LogP contribution in [0.5, 0.6) is 0 Å². The average molecular weight is 456 g/mol.